The molecular weight excluding hydrogens is 532 g/mol. The molecule has 20 atom stereocenters. The zero-order valence-corrected chi connectivity index (χ0v) is 24.3. The molecule has 0 radical (unpaired) electrons. The van der Waals surface area contributed by atoms with Crippen LogP contribution in [0.25, 0.3) is 0 Å². The Kier molecular flexibility index (Phi) is 2.53. The predicted octanol–water partition coefficient (Wildman–Crippen LogP) is 6.80. The second kappa shape index (κ2) is 5.41. The molecule has 0 bridgehead atoms. The van der Waals surface area contributed by atoms with Crippen molar-refractivity contribution in [2.24, 2.45) is 117 Å². The lowest BCUT2D eigenvalue weighted by atomic mass is 9.43. The summed E-state index contributed by atoms with van der Waals surface area (Å²) in [5, 5.41) is 23.8. The second-order valence-electron chi connectivity index (χ2n) is 18.1. The van der Waals surface area contributed by atoms with Crippen LogP contribution in [0.5, 0.6) is 0 Å². The Labute approximate surface area is 256 Å². The topological polar surface area (TPSA) is 47.6 Å². The van der Waals surface area contributed by atoms with Gasteiger partial charge in [0.05, 0.1) is 12.1 Å². The van der Waals surface area contributed by atoms with Crippen molar-refractivity contribution in [3.05, 3.63) is 104 Å². The summed E-state index contributed by atoms with van der Waals surface area (Å²) in [6.45, 7) is 0. The first kappa shape index (κ1) is 20.6. The minimum atomic E-state index is -0.654. The molecule has 44 heavy (non-hydrogen) atoms. The van der Waals surface area contributed by atoms with Gasteiger partial charge >= 0.3 is 0 Å². The number of nitriles is 2. The lowest BCUT2D eigenvalue weighted by molar-refractivity contribution is 0.0365. The number of hydrogen-bond donors (Lipinski definition) is 0. The summed E-state index contributed by atoms with van der Waals surface area (Å²) in [7, 11) is 0. The summed E-state index contributed by atoms with van der Waals surface area (Å²) >= 11 is 0. The molecule has 0 N–H and O–H groups in total. The molecule has 0 saturated heterocycles. The van der Waals surface area contributed by atoms with E-state index in [-0.39, 0.29) is 11.8 Å². The first-order valence-electron chi connectivity index (χ1n) is 18.1. The maximum atomic E-state index is 11.9. The standard InChI is InChI=1S/C42H30N2/c43-11-41-21-9-10-22-20-8-6-18-16-4-2-14-13-1-3-15-17-5-7-19(21)29-27(17)32-25(15)23(13)31-24(14)26(16)33-28(18)30(20)40(42(22,41)12-44)38-36(33)34(31)35(32)37(38)39(29)41/h1-8,13-30H,9-10H2. The maximum Gasteiger partial charge on any atom is 0.106 e. The van der Waals surface area contributed by atoms with Crippen LogP contribution in [0.15, 0.2) is 104 Å². The van der Waals surface area contributed by atoms with Crippen LogP contribution in [-0.4, -0.2) is 0 Å². The average Bonchev–Trinajstić information content (AvgIpc) is 3.86. The Morgan fingerprint density at radius 3 is 1.05 bits per heavy atom. The van der Waals surface area contributed by atoms with Crippen LogP contribution in [0, 0.1) is 140 Å². The molecule has 0 heterocycles. The highest BCUT2D eigenvalue weighted by molar-refractivity contribution is 5.92. The van der Waals surface area contributed by atoms with Gasteiger partial charge < -0.3 is 0 Å². The van der Waals surface area contributed by atoms with Crippen molar-refractivity contribution in [2.45, 2.75) is 12.8 Å². The average molecular weight is 563 g/mol. The highest BCUT2D eigenvalue weighted by Gasteiger charge is 2.85. The quantitative estimate of drug-likeness (QED) is 0.305. The number of allylic oxidation sites excluding steroid dienone is 18. The number of fused-ring (bicyclic) bond motifs is 5. The van der Waals surface area contributed by atoms with Gasteiger partial charge in [0.25, 0.3) is 0 Å². The highest BCUT2D eigenvalue weighted by Crippen LogP contribution is 2.89. The van der Waals surface area contributed by atoms with Crippen LogP contribution < -0.4 is 0 Å². The molecule has 20 unspecified atom stereocenters. The van der Waals surface area contributed by atoms with Gasteiger partial charge in [0.2, 0.25) is 0 Å². The molecule has 0 aliphatic heterocycles. The van der Waals surface area contributed by atoms with Crippen LogP contribution in [0.3, 0.4) is 0 Å². The molecule has 16 aliphatic carbocycles. The molecule has 0 aromatic heterocycles. The van der Waals surface area contributed by atoms with Gasteiger partial charge in [-0.05, 0) is 158 Å². The Balaban J connectivity index is 1.21. The van der Waals surface area contributed by atoms with E-state index in [2.05, 4.69) is 60.7 Å². The van der Waals surface area contributed by atoms with E-state index in [4.69, 9.17) is 0 Å². The summed E-state index contributed by atoms with van der Waals surface area (Å²) in [4.78, 5) is 0. The molecule has 16 rings (SSSR count). The van der Waals surface area contributed by atoms with E-state index < -0.39 is 10.8 Å². The molecule has 7 fully saturated rings. The Hall–Kier alpha value is -3.36. The van der Waals surface area contributed by atoms with E-state index in [1.54, 1.807) is 27.9 Å². The SMILES string of the molecule is N#CC12C3=C4C5=C6C7C8C=CC9C%10C=CC%11C%12C=CC%13C%14C(=C4C4=C(C%11C%10C(=C54)C97)C%12%14)C1(C#N)C%13CCC2C1C=CC8C6C31. The highest BCUT2D eigenvalue weighted by atomic mass is 14.9. The molecule has 2 nitrogen and oxygen atoms in total. The molecule has 0 spiro atoms. The van der Waals surface area contributed by atoms with Gasteiger partial charge in [0.1, 0.15) is 10.8 Å². The van der Waals surface area contributed by atoms with Gasteiger partial charge in [0.15, 0.2) is 0 Å². The number of hydrogen-bond acceptors (Lipinski definition) is 2. The normalized spacial score (nSPS) is 65.3. The maximum absolute atomic E-state index is 11.9. The number of rotatable bonds is 0. The Morgan fingerprint density at radius 2 is 0.705 bits per heavy atom. The van der Waals surface area contributed by atoms with E-state index in [0.29, 0.717) is 94.7 Å². The molecular formula is C42H30N2. The summed E-state index contributed by atoms with van der Waals surface area (Å²) < 4.78 is 0. The lowest BCUT2D eigenvalue weighted by Gasteiger charge is -2.55. The first-order chi connectivity index (χ1) is 21.8. The van der Waals surface area contributed by atoms with Gasteiger partial charge in [-0.3, -0.25) is 0 Å². The van der Waals surface area contributed by atoms with Crippen molar-refractivity contribution >= 4 is 0 Å². The monoisotopic (exact) mass is 562 g/mol. The summed E-state index contributed by atoms with van der Waals surface area (Å²) in [6.07, 6.45) is 23.7. The fraction of sp³-hybridized carbons (Fsp3) is 0.524. The molecule has 208 valence electrons. The van der Waals surface area contributed by atoms with E-state index >= 15 is 0 Å². The van der Waals surface area contributed by atoms with Crippen molar-refractivity contribution in [1.82, 2.24) is 0 Å². The smallest absolute Gasteiger partial charge is 0.106 e. The lowest BCUT2D eigenvalue weighted by Crippen LogP contribution is -2.54. The fourth-order valence-corrected chi connectivity index (χ4v) is 18.6. The van der Waals surface area contributed by atoms with Gasteiger partial charge in [0, 0.05) is 0 Å². The van der Waals surface area contributed by atoms with E-state index in [1.807, 2.05) is 16.7 Å². The minimum absolute atomic E-state index is 0.285. The molecule has 16 aliphatic rings. The zero-order valence-electron chi connectivity index (χ0n) is 24.3. The van der Waals surface area contributed by atoms with Gasteiger partial charge in [-0.15, -0.1) is 0 Å². The first-order valence-corrected chi connectivity index (χ1v) is 18.1. The number of nitrogens with zero attached hydrogens (tertiary/aromatic N) is 2. The molecule has 0 amide bonds. The van der Waals surface area contributed by atoms with Crippen LogP contribution in [0.4, 0.5) is 0 Å². The van der Waals surface area contributed by atoms with Crippen molar-refractivity contribution in [1.29, 1.82) is 10.5 Å². The molecule has 0 aromatic rings. The van der Waals surface area contributed by atoms with E-state index in [0.717, 1.165) is 12.8 Å². The van der Waals surface area contributed by atoms with E-state index in [1.165, 1.54) is 11.1 Å². The second-order valence-corrected chi connectivity index (χ2v) is 18.1. The zero-order chi connectivity index (χ0) is 27.7. The fourth-order valence-electron chi connectivity index (χ4n) is 18.6. The van der Waals surface area contributed by atoms with Crippen molar-refractivity contribution in [3.8, 4) is 12.1 Å². The Morgan fingerprint density at radius 1 is 0.409 bits per heavy atom. The summed E-state index contributed by atoms with van der Waals surface area (Å²) in [5.74, 6) is 9.63. The largest absolute Gasteiger partial charge is 0.197 e. The Bertz CT molecular complexity index is 2040. The third-order valence-electron chi connectivity index (χ3n) is 18.6. The third kappa shape index (κ3) is 1.36. The van der Waals surface area contributed by atoms with Crippen LogP contribution in [0.2, 0.25) is 0 Å². The van der Waals surface area contributed by atoms with Crippen LogP contribution in [0.1, 0.15) is 12.8 Å². The van der Waals surface area contributed by atoms with Crippen molar-refractivity contribution < 1.29 is 0 Å². The van der Waals surface area contributed by atoms with Gasteiger partial charge in [-0.25, -0.2) is 0 Å². The minimum Gasteiger partial charge on any atom is -0.197 e. The van der Waals surface area contributed by atoms with E-state index in [9.17, 15) is 10.5 Å². The third-order valence-corrected chi connectivity index (χ3v) is 18.6. The van der Waals surface area contributed by atoms with Crippen LogP contribution in [-0.2, 0) is 0 Å². The van der Waals surface area contributed by atoms with Crippen LogP contribution >= 0.6 is 0 Å². The van der Waals surface area contributed by atoms with Gasteiger partial charge in [-0.2, -0.15) is 10.5 Å². The van der Waals surface area contributed by atoms with Gasteiger partial charge in [-0.1, -0.05) is 65.3 Å². The summed E-state index contributed by atoms with van der Waals surface area (Å²) in [6, 6.07) is 6.43. The van der Waals surface area contributed by atoms with Crippen molar-refractivity contribution in [3.63, 3.8) is 0 Å². The van der Waals surface area contributed by atoms with Crippen molar-refractivity contribution in [2.75, 3.05) is 0 Å². The molecule has 2 heteroatoms. The molecule has 7 saturated carbocycles. The predicted molar refractivity (Wildman–Crippen MR) is 160 cm³/mol. The molecule has 0 aromatic carbocycles. The summed E-state index contributed by atoms with van der Waals surface area (Å²) in [5.41, 5.74) is 15.6.